The summed E-state index contributed by atoms with van der Waals surface area (Å²) < 4.78 is 0. The molecule has 142 valence electrons. The van der Waals surface area contributed by atoms with Crippen LogP contribution in [-0.2, 0) is 32.6 Å². The third-order valence-corrected chi connectivity index (χ3v) is 3.95. The van der Waals surface area contributed by atoms with Crippen LogP contribution in [-0.4, -0.2) is 0 Å². The minimum Gasteiger partial charge on any atom is -1.00 e. The molecular formula is C24H20Cl2NZr-3. The summed E-state index contributed by atoms with van der Waals surface area (Å²) in [5, 5.41) is 0. The Labute approximate surface area is 199 Å². The van der Waals surface area contributed by atoms with Gasteiger partial charge in [0.15, 0.2) is 0 Å². The molecule has 1 aliphatic rings. The fourth-order valence-electron chi connectivity index (χ4n) is 2.76. The van der Waals surface area contributed by atoms with Gasteiger partial charge in [0.2, 0.25) is 0 Å². The van der Waals surface area contributed by atoms with E-state index >= 15 is 0 Å². The van der Waals surface area contributed by atoms with Crippen LogP contribution in [0.5, 0.6) is 0 Å². The summed E-state index contributed by atoms with van der Waals surface area (Å²) in [5.41, 5.74) is 13.1. The minimum atomic E-state index is 0. The molecule has 0 unspecified atom stereocenters. The Hall–Kier alpha value is -1.73. The number of hydrogen-bond donors (Lipinski definition) is 0. The van der Waals surface area contributed by atoms with Crippen molar-refractivity contribution < 1.29 is 51.0 Å². The van der Waals surface area contributed by atoms with Gasteiger partial charge in [0.25, 0.3) is 0 Å². The molecule has 0 heterocycles. The molecule has 0 radical (unpaired) electrons. The van der Waals surface area contributed by atoms with Crippen LogP contribution in [0, 0.1) is 6.07 Å². The molecule has 1 N–H and O–H groups in total. The van der Waals surface area contributed by atoms with E-state index in [9.17, 15) is 0 Å². The summed E-state index contributed by atoms with van der Waals surface area (Å²) >= 11 is 0. The van der Waals surface area contributed by atoms with Crippen molar-refractivity contribution in [3.63, 3.8) is 0 Å². The third-order valence-electron chi connectivity index (χ3n) is 3.95. The van der Waals surface area contributed by atoms with Crippen molar-refractivity contribution in [3.05, 3.63) is 126 Å². The summed E-state index contributed by atoms with van der Waals surface area (Å²) in [6.07, 6.45) is 1.05. The first kappa shape index (κ1) is 26.3. The average molecular weight is 485 g/mol. The molecular weight excluding hydrogens is 464 g/mol. The largest absolute Gasteiger partial charge is 2.00 e. The number of halogens is 2. The third kappa shape index (κ3) is 7.72. The van der Waals surface area contributed by atoms with Gasteiger partial charge in [0.1, 0.15) is 0 Å². The van der Waals surface area contributed by atoms with E-state index in [0.29, 0.717) is 5.69 Å². The van der Waals surface area contributed by atoms with E-state index in [-0.39, 0.29) is 51.0 Å². The second-order valence-electron chi connectivity index (χ2n) is 5.72. The number of fused-ring (bicyclic) bond motifs is 3. The Morgan fingerprint density at radius 1 is 0.714 bits per heavy atom. The van der Waals surface area contributed by atoms with Gasteiger partial charge in [-0.25, -0.2) is 12.1 Å². The maximum absolute atomic E-state index is 7.00. The molecule has 0 aliphatic heterocycles. The van der Waals surface area contributed by atoms with Gasteiger partial charge in [-0.2, -0.15) is 48.0 Å². The SMILES string of the molecule is [Cl-].[Cl-].[NH-]c1ccccc1.[Zr+2].[c-]1cccc2c1Cc1ccccc1-2.c1cc[cH-]c1. The van der Waals surface area contributed by atoms with Crippen LogP contribution >= 0.6 is 0 Å². The smallest absolute Gasteiger partial charge is 1.00 e. The Morgan fingerprint density at radius 3 is 1.89 bits per heavy atom. The molecule has 0 amide bonds. The van der Waals surface area contributed by atoms with Crippen molar-refractivity contribution in [2.24, 2.45) is 0 Å². The van der Waals surface area contributed by atoms with Gasteiger partial charge in [0, 0.05) is 0 Å². The molecule has 1 aliphatic carbocycles. The van der Waals surface area contributed by atoms with Gasteiger partial charge in [-0.15, -0.1) is 11.3 Å². The molecule has 28 heavy (non-hydrogen) atoms. The van der Waals surface area contributed by atoms with E-state index < -0.39 is 0 Å². The van der Waals surface area contributed by atoms with Gasteiger partial charge in [0.05, 0.1) is 0 Å². The van der Waals surface area contributed by atoms with E-state index in [1.807, 2.05) is 54.6 Å². The van der Waals surface area contributed by atoms with Crippen LogP contribution in [0.2, 0.25) is 0 Å². The quantitative estimate of drug-likeness (QED) is 0.291. The molecule has 4 aromatic rings. The van der Waals surface area contributed by atoms with E-state index in [2.05, 4.69) is 42.5 Å². The maximum atomic E-state index is 7.00. The van der Waals surface area contributed by atoms with Gasteiger partial charge in [-0.1, -0.05) is 65.7 Å². The molecule has 1 nitrogen and oxygen atoms in total. The summed E-state index contributed by atoms with van der Waals surface area (Å²) in [5.74, 6) is 0. The molecule has 0 saturated heterocycles. The van der Waals surface area contributed by atoms with E-state index in [1.165, 1.54) is 22.3 Å². The van der Waals surface area contributed by atoms with Crippen molar-refractivity contribution >= 4 is 5.69 Å². The number of rotatable bonds is 0. The van der Waals surface area contributed by atoms with Crippen LogP contribution in [0.3, 0.4) is 0 Å². The maximum Gasteiger partial charge on any atom is 2.00 e. The Kier molecular flexibility index (Phi) is 13.4. The van der Waals surface area contributed by atoms with Gasteiger partial charge in [-0.3, -0.25) is 0 Å². The number of nitrogens with one attached hydrogen (secondary N) is 1. The number of hydrogen-bond acceptors (Lipinski definition) is 0. The van der Waals surface area contributed by atoms with Gasteiger partial charge >= 0.3 is 26.2 Å². The van der Waals surface area contributed by atoms with Crippen LogP contribution in [0.4, 0.5) is 5.69 Å². The Balaban J connectivity index is 0.000000419. The zero-order valence-corrected chi connectivity index (χ0v) is 19.2. The molecule has 4 aromatic carbocycles. The zero-order chi connectivity index (χ0) is 17.3. The predicted molar refractivity (Wildman–Crippen MR) is 106 cm³/mol. The topological polar surface area (TPSA) is 23.8 Å². The van der Waals surface area contributed by atoms with Crippen LogP contribution in [0.15, 0.2) is 103 Å². The fourth-order valence-corrected chi connectivity index (χ4v) is 2.76. The summed E-state index contributed by atoms with van der Waals surface area (Å²) in [7, 11) is 0. The number of benzene rings is 3. The summed E-state index contributed by atoms with van der Waals surface area (Å²) in [4.78, 5) is 0. The standard InChI is InChI=1S/C13H9.C6H6N.C5H5.2ClH.Zr/c1-3-7-12-10(5-1)9-11-6-2-4-8-13(11)12;7-6-4-2-1-3-5-6;1-2-4-5-3-1;;;/h1-5,7-8H,9H2;1-5,7H;1-5H;2*1H;/q3*-1;;;+2/p-2. The van der Waals surface area contributed by atoms with Gasteiger partial charge in [-0.05, 0) is 6.42 Å². The van der Waals surface area contributed by atoms with Crippen molar-refractivity contribution in [3.8, 4) is 11.1 Å². The molecule has 5 rings (SSSR count). The van der Waals surface area contributed by atoms with Crippen molar-refractivity contribution in [1.29, 1.82) is 0 Å². The monoisotopic (exact) mass is 482 g/mol. The van der Waals surface area contributed by atoms with E-state index in [1.54, 1.807) is 12.1 Å². The molecule has 0 saturated carbocycles. The molecule has 0 spiro atoms. The molecule has 0 aromatic heterocycles. The van der Waals surface area contributed by atoms with Crippen LogP contribution in [0.1, 0.15) is 11.1 Å². The average Bonchev–Trinajstić information content (AvgIpc) is 3.34. The first-order valence-electron chi connectivity index (χ1n) is 8.36. The van der Waals surface area contributed by atoms with Crippen LogP contribution < -0.4 is 24.8 Å². The first-order valence-corrected chi connectivity index (χ1v) is 8.36. The van der Waals surface area contributed by atoms with E-state index in [4.69, 9.17) is 5.73 Å². The normalized spacial score (nSPS) is 9.29. The van der Waals surface area contributed by atoms with Crippen LogP contribution in [0.25, 0.3) is 16.9 Å². The second-order valence-corrected chi connectivity index (χ2v) is 5.72. The van der Waals surface area contributed by atoms with Gasteiger partial charge < -0.3 is 30.5 Å². The second kappa shape index (κ2) is 14.3. The summed E-state index contributed by atoms with van der Waals surface area (Å²) in [6, 6.07) is 37.2. The molecule has 0 atom stereocenters. The Morgan fingerprint density at radius 2 is 1.32 bits per heavy atom. The van der Waals surface area contributed by atoms with E-state index in [0.717, 1.165) is 6.42 Å². The molecule has 0 bridgehead atoms. The Bertz CT molecular complexity index is 833. The summed E-state index contributed by atoms with van der Waals surface area (Å²) in [6.45, 7) is 0. The minimum absolute atomic E-state index is 0. The molecule has 0 fully saturated rings. The van der Waals surface area contributed by atoms with Crippen molar-refractivity contribution in [2.75, 3.05) is 0 Å². The first-order chi connectivity index (χ1) is 12.3. The zero-order valence-electron chi connectivity index (χ0n) is 15.3. The van der Waals surface area contributed by atoms with Crippen molar-refractivity contribution in [1.82, 2.24) is 0 Å². The fraction of sp³-hybridized carbons (Fsp3) is 0.0417. The predicted octanol–water partition coefficient (Wildman–Crippen LogP) is 0.839. The van der Waals surface area contributed by atoms with Crippen molar-refractivity contribution in [2.45, 2.75) is 6.42 Å². The molecule has 4 heteroatoms.